The number of nitrogens with zero attached hydrogens (tertiary/aromatic N) is 2. The van der Waals surface area contributed by atoms with Crippen molar-refractivity contribution in [2.45, 2.75) is 6.18 Å². The first-order valence-electron chi connectivity index (χ1n) is 5.86. The molecule has 0 unspecified atom stereocenters. The number of halogens is 5. The molecule has 0 N–H and O–H groups in total. The first kappa shape index (κ1) is 13.5. The van der Waals surface area contributed by atoms with Crippen LogP contribution in [0, 0.1) is 11.6 Å². The van der Waals surface area contributed by atoms with Gasteiger partial charge in [0.1, 0.15) is 17.3 Å². The number of hydrogen-bond donors (Lipinski definition) is 0. The first-order chi connectivity index (χ1) is 9.86. The van der Waals surface area contributed by atoms with Crippen LogP contribution >= 0.6 is 0 Å². The minimum atomic E-state index is -4.50. The Balaban J connectivity index is 2.18. The van der Waals surface area contributed by atoms with Crippen molar-refractivity contribution in [2.24, 2.45) is 0 Å². The third-order valence-electron chi connectivity index (χ3n) is 3.00. The van der Waals surface area contributed by atoms with Crippen LogP contribution in [0.25, 0.3) is 16.9 Å². The standard InChI is InChI=1S/C14H7F5N2/c15-9-2-1-3-10(16)13(9)11-7-21-6-8(14(17,18)19)4-5-12(21)20-11/h1-7H. The van der Waals surface area contributed by atoms with E-state index >= 15 is 0 Å². The summed E-state index contributed by atoms with van der Waals surface area (Å²) >= 11 is 0. The molecule has 0 amide bonds. The van der Waals surface area contributed by atoms with E-state index in [4.69, 9.17) is 0 Å². The quantitative estimate of drug-likeness (QED) is 0.612. The number of imidazole rings is 1. The molecule has 0 radical (unpaired) electrons. The Bertz CT molecular complexity index is 800. The number of pyridine rings is 1. The Kier molecular flexibility index (Phi) is 2.93. The molecule has 2 nitrogen and oxygen atoms in total. The molecule has 2 heterocycles. The summed E-state index contributed by atoms with van der Waals surface area (Å²) in [5.74, 6) is -1.65. The molecule has 0 aliphatic heterocycles. The fourth-order valence-electron chi connectivity index (χ4n) is 2.02. The van der Waals surface area contributed by atoms with Gasteiger partial charge in [0.05, 0.1) is 16.8 Å². The van der Waals surface area contributed by atoms with E-state index < -0.39 is 23.4 Å². The zero-order valence-corrected chi connectivity index (χ0v) is 10.3. The predicted octanol–water partition coefficient (Wildman–Crippen LogP) is 4.30. The fraction of sp³-hybridized carbons (Fsp3) is 0.0714. The molecule has 0 saturated carbocycles. The summed E-state index contributed by atoms with van der Waals surface area (Å²) in [5.41, 5.74) is -1.13. The highest BCUT2D eigenvalue weighted by Gasteiger charge is 2.31. The zero-order valence-electron chi connectivity index (χ0n) is 10.3. The average molecular weight is 298 g/mol. The van der Waals surface area contributed by atoms with Crippen molar-refractivity contribution < 1.29 is 22.0 Å². The number of hydrogen-bond acceptors (Lipinski definition) is 1. The second-order valence-electron chi connectivity index (χ2n) is 4.40. The maximum Gasteiger partial charge on any atom is 0.417 e. The van der Waals surface area contributed by atoms with Gasteiger partial charge in [-0.25, -0.2) is 13.8 Å². The van der Waals surface area contributed by atoms with E-state index in [0.29, 0.717) is 0 Å². The minimum absolute atomic E-state index is 0.0649. The maximum absolute atomic E-state index is 13.7. The van der Waals surface area contributed by atoms with Gasteiger partial charge in [-0.1, -0.05) is 6.07 Å². The van der Waals surface area contributed by atoms with Crippen molar-refractivity contribution in [1.82, 2.24) is 9.38 Å². The second kappa shape index (κ2) is 4.54. The molecule has 7 heteroatoms. The van der Waals surface area contributed by atoms with Crippen molar-refractivity contribution in [1.29, 1.82) is 0 Å². The van der Waals surface area contributed by atoms with E-state index in [-0.39, 0.29) is 16.9 Å². The van der Waals surface area contributed by atoms with Gasteiger partial charge in [0.25, 0.3) is 0 Å². The highest BCUT2D eigenvalue weighted by atomic mass is 19.4. The van der Waals surface area contributed by atoms with Crippen molar-refractivity contribution in [3.05, 3.63) is 59.9 Å². The topological polar surface area (TPSA) is 17.3 Å². The lowest BCUT2D eigenvalue weighted by Crippen LogP contribution is -2.05. The summed E-state index contributed by atoms with van der Waals surface area (Å²) in [4.78, 5) is 3.94. The van der Waals surface area contributed by atoms with Gasteiger partial charge in [-0.05, 0) is 24.3 Å². The summed E-state index contributed by atoms with van der Waals surface area (Å²) in [5, 5.41) is 0. The smallest absolute Gasteiger partial charge is 0.306 e. The van der Waals surface area contributed by atoms with Gasteiger partial charge in [0.15, 0.2) is 0 Å². The van der Waals surface area contributed by atoms with E-state index in [2.05, 4.69) is 4.98 Å². The van der Waals surface area contributed by atoms with Gasteiger partial charge in [0.2, 0.25) is 0 Å². The van der Waals surface area contributed by atoms with Gasteiger partial charge in [-0.2, -0.15) is 13.2 Å². The highest BCUT2D eigenvalue weighted by Crippen LogP contribution is 2.30. The molecule has 0 saturated heterocycles. The van der Waals surface area contributed by atoms with Crippen LogP contribution in [0.2, 0.25) is 0 Å². The summed E-state index contributed by atoms with van der Waals surface area (Å²) in [6.45, 7) is 0. The third kappa shape index (κ3) is 2.35. The third-order valence-corrected chi connectivity index (χ3v) is 3.00. The Morgan fingerprint density at radius 3 is 2.19 bits per heavy atom. The van der Waals surface area contributed by atoms with Crippen molar-refractivity contribution in [2.75, 3.05) is 0 Å². The van der Waals surface area contributed by atoms with Crippen LogP contribution < -0.4 is 0 Å². The molecule has 2 aromatic heterocycles. The Hall–Kier alpha value is -2.44. The van der Waals surface area contributed by atoms with Crippen molar-refractivity contribution >= 4 is 5.65 Å². The van der Waals surface area contributed by atoms with Gasteiger partial charge >= 0.3 is 6.18 Å². The van der Waals surface area contributed by atoms with Crippen molar-refractivity contribution in [3.8, 4) is 11.3 Å². The molecule has 3 rings (SSSR count). The molecule has 0 atom stereocenters. The lowest BCUT2D eigenvalue weighted by atomic mass is 10.1. The largest absolute Gasteiger partial charge is 0.417 e. The molecule has 21 heavy (non-hydrogen) atoms. The fourth-order valence-corrected chi connectivity index (χ4v) is 2.02. The van der Waals surface area contributed by atoms with E-state index in [0.717, 1.165) is 41.1 Å². The molecule has 0 aliphatic carbocycles. The molecular weight excluding hydrogens is 291 g/mol. The van der Waals surface area contributed by atoms with Crippen LogP contribution in [0.1, 0.15) is 5.56 Å². The summed E-state index contributed by atoms with van der Waals surface area (Å²) < 4.78 is 66.3. The molecule has 0 spiro atoms. The molecule has 0 bridgehead atoms. The van der Waals surface area contributed by atoms with Crippen LogP contribution in [-0.2, 0) is 6.18 Å². The summed E-state index contributed by atoms with van der Waals surface area (Å²) in [7, 11) is 0. The maximum atomic E-state index is 13.7. The summed E-state index contributed by atoms with van der Waals surface area (Å²) in [6, 6.07) is 5.33. The Morgan fingerprint density at radius 1 is 0.905 bits per heavy atom. The molecule has 0 fully saturated rings. The Morgan fingerprint density at radius 2 is 1.57 bits per heavy atom. The lowest BCUT2D eigenvalue weighted by Gasteiger charge is -2.05. The average Bonchev–Trinajstić information content (AvgIpc) is 2.79. The molecule has 3 aromatic rings. The first-order valence-corrected chi connectivity index (χ1v) is 5.86. The van der Waals surface area contributed by atoms with Gasteiger partial charge < -0.3 is 4.40 Å². The van der Waals surface area contributed by atoms with Gasteiger partial charge in [-0.15, -0.1) is 0 Å². The number of alkyl halides is 3. The van der Waals surface area contributed by atoms with Gasteiger partial charge in [0, 0.05) is 12.4 Å². The molecule has 108 valence electrons. The molecule has 0 aliphatic rings. The Labute approximate surface area is 115 Å². The number of fused-ring (bicyclic) bond motifs is 1. The number of benzene rings is 1. The monoisotopic (exact) mass is 298 g/mol. The van der Waals surface area contributed by atoms with E-state index in [1.54, 1.807) is 0 Å². The van der Waals surface area contributed by atoms with Crippen LogP contribution in [0.15, 0.2) is 42.7 Å². The van der Waals surface area contributed by atoms with E-state index in [1.165, 1.54) is 6.07 Å². The number of rotatable bonds is 1. The van der Waals surface area contributed by atoms with Gasteiger partial charge in [-0.3, -0.25) is 0 Å². The number of aromatic nitrogens is 2. The highest BCUT2D eigenvalue weighted by molar-refractivity contribution is 5.64. The second-order valence-corrected chi connectivity index (χ2v) is 4.40. The van der Waals surface area contributed by atoms with Crippen LogP contribution in [0.4, 0.5) is 22.0 Å². The molecular formula is C14H7F5N2. The minimum Gasteiger partial charge on any atom is -0.306 e. The zero-order chi connectivity index (χ0) is 15.2. The summed E-state index contributed by atoms with van der Waals surface area (Å²) in [6.07, 6.45) is -2.52. The van der Waals surface area contributed by atoms with Crippen LogP contribution in [0.5, 0.6) is 0 Å². The SMILES string of the molecule is Fc1cccc(F)c1-c1cn2cc(C(F)(F)F)ccc2n1. The lowest BCUT2D eigenvalue weighted by molar-refractivity contribution is -0.137. The molecule has 1 aromatic carbocycles. The van der Waals surface area contributed by atoms with Crippen molar-refractivity contribution in [3.63, 3.8) is 0 Å². The normalized spacial score (nSPS) is 12.0. The van der Waals surface area contributed by atoms with E-state index in [9.17, 15) is 22.0 Å². The predicted molar refractivity (Wildman–Crippen MR) is 65.5 cm³/mol. The van der Waals surface area contributed by atoms with E-state index in [1.807, 2.05) is 0 Å². The van der Waals surface area contributed by atoms with Crippen LogP contribution in [0.3, 0.4) is 0 Å². The van der Waals surface area contributed by atoms with Crippen LogP contribution in [-0.4, -0.2) is 9.38 Å².